The highest BCUT2D eigenvalue weighted by Gasteiger charge is 2.58. The molecule has 1 saturated carbocycles. The molecule has 1 aromatic carbocycles. The van der Waals surface area contributed by atoms with Crippen molar-refractivity contribution in [1.82, 2.24) is 5.32 Å². The van der Waals surface area contributed by atoms with Crippen LogP contribution in [0, 0.1) is 22.0 Å². The number of nitrogens with zero attached hydrogens (tertiary/aromatic N) is 1. The Labute approximate surface area is 122 Å². The van der Waals surface area contributed by atoms with Gasteiger partial charge < -0.3 is 4.74 Å². The van der Waals surface area contributed by atoms with E-state index in [1.54, 1.807) is 0 Å². The lowest BCUT2D eigenvalue weighted by Gasteiger charge is -2.17. The number of rotatable bonds is 4. The SMILES string of the molecule is COC(=O)[C@@H]1N[C@H](c2ccccc2)[C@H]([N+](=O)[O-])[C@H]1C1CC1. The van der Waals surface area contributed by atoms with Gasteiger partial charge in [-0.05, 0) is 24.3 Å². The quantitative estimate of drug-likeness (QED) is 0.517. The van der Waals surface area contributed by atoms with E-state index in [-0.39, 0.29) is 16.8 Å². The van der Waals surface area contributed by atoms with Gasteiger partial charge in [0.2, 0.25) is 6.04 Å². The van der Waals surface area contributed by atoms with Crippen molar-refractivity contribution in [3.63, 3.8) is 0 Å². The topological polar surface area (TPSA) is 81.5 Å². The number of hydrogen-bond donors (Lipinski definition) is 1. The normalized spacial score (nSPS) is 31.9. The number of hydrogen-bond acceptors (Lipinski definition) is 5. The van der Waals surface area contributed by atoms with Crippen molar-refractivity contribution < 1.29 is 14.5 Å². The van der Waals surface area contributed by atoms with E-state index >= 15 is 0 Å². The van der Waals surface area contributed by atoms with Gasteiger partial charge in [0.15, 0.2) is 0 Å². The van der Waals surface area contributed by atoms with Crippen LogP contribution in [0.4, 0.5) is 0 Å². The minimum absolute atomic E-state index is 0.239. The molecular weight excluding hydrogens is 272 g/mol. The summed E-state index contributed by atoms with van der Waals surface area (Å²) < 4.78 is 4.83. The molecule has 1 aliphatic heterocycles. The van der Waals surface area contributed by atoms with E-state index in [2.05, 4.69) is 5.32 Å². The van der Waals surface area contributed by atoms with Gasteiger partial charge in [0, 0.05) is 4.92 Å². The molecule has 1 N–H and O–H groups in total. The van der Waals surface area contributed by atoms with Crippen LogP contribution < -0.4 is 5.32 Å². The van der Waals surface area contributed by atoms with Gasteiger partial charge in [-0.15, -0.1) is 0 Å². The molecule has 3 rings (SSSR count). The van der Waals surface area contributed by atoms with Crippen molar-refractivity contribution in [3.05, 3.63) is 46.0 Å². The van der Waals surface area contributed by atoms with Crippen LogP contribution in [-0.2, 0) is 9.53 Å². The van der Waals surface area contributed by atoms with Crippen molar-refractivity contribution in [2.45, 2.75) is 31.0 Å². The van der Waals surface area contributed by atoms with Crippen molar-refractivity contribution in [2.24, 2.45) is 11.8 Å². The molecule has 1 saturated heterocycles. The van der Waals surface area contributed by atoms with E-state index in [1.807, 2.05) is 30.3 Å². The minimum atomic E-state index is -0.788. The summed E-state index contributed by atoms with van der Waals surface area (Å²) in [6.45, 7) is 0. The van der Waals surface area contributed by atoms with Crippen LogP contribution >= 0.6 is 0 Å². The summed E-state index contributed by atoms with van der Waals surface area (Å²) >= 11 is 0. The summed E-state index contributed by atoms with van der Waals surface area (Å²) in [5.74, 6) is -0.458. The summed E-state index contributed by atoms with van der Waals surface area (Å²) in [6, 6.07) is 7.46. The van der Waals surface area contributed by atoms with Crippen LogP contribution in [0.3, 0.4) is 0 Å². The minimum Gasteiger partial charge on any atom is -0.468 e. The van der Waals surface area contributed by atoms with Gasteiger partial charge in [0.1, 0.15) is 12.1 Å². The number of methoxy groups -OCH3 is 1. The molecule has 1 aromatic rings. The second-order valence-corrected chi connectivity index (χ2v) is 5.75. The third-order valence-electron chi connectivity index (χ3n) is 4.50. The fourth-order valence-electron chi connectivity index (χ4n) is 3.42. The highest BCUT2D eigenvalue weighted by atomic mass is 16.6. The molecule has 6 heteroatoms. The van der Waals surface area contributed by atoms with Gasteiger partial charge >= 0.3 is 5.97 Å². The molecule has 0 aromatic heterocycles. The van der Waals surface area contributed by atoms with E-state index < -0.39 is 24.1 Å². The van der Waals surface area contributed by atoms with Gasteiger partial charge in [0.25, 0.3) is 0 Å². The Morgan fingerprint density at radius 2 is 2.00 bits per heavy atom. The van der Waals surface area contributed by atoms with Crippen LogP contribution in [0.5, 0.6) is 0 Å². The molecule has 0 spiro atoms. The highest BCUT2D eigenvalue weighted by molar-refractivity contribution is 5.77. The smallest absolute Gasteiger partial charge is 0.323 e. The Kier molecular flexibility index (Phi) is 3.63. The molecule has 0 unspecified atom stereocenters. The van der Waals surface area contributed by atoms with Crippen LogP contribution in [0.2, 0.25) is 0 Å². The Morgan fingerprint density at radius 1 is 1.33 bits per heavy atom. The monoisotopic (exact) mass is 290 g/mol. The van der Waals surface area contributed by atoms with Gasteiger partial charge in [-0.2, -0.15) is 0 Å². The zero-order chi connectivity index (χ0) is 15.0. The third-order valence-corrected chi connectivity index (χ3v) is 4.50. The first-order valence-electron chi connectivity index (χ1n) is 7.16. The van der Waals surface area contributed by atoms with Crippen molar-refractivity contribution in [1.29, 1.82) is 0 Å². The fourth-order valence-corrected chi connectivity index (χ4v) is 3.42. The number of carbonyl (C=O) groups excluding carboxylic acids is 1. The van der Waals surface area contributed by atoms with E-state index in [4.69, 9.17) is 4.74 Å². The summed E-state index contributed by atoms with van der Waals surface area (Å²) in [7, 11) is 1.32. The van der Waals surface area contributed by atoms with Gasteiger partial charge in [-0.3, -0.25) is 20.2 Å². The molecule has 2 fully saturated rings. The lowest BCUT2D eigenvalue weighted by atomic mass is 9.87. The average Bonchev–Trinajstić information content (AvgIpc) is 3.26. The number of esters is 1. The van der Waals surface area contributed by atoms with Gasteiger partial charge in [-0.1, -0.05) is 30.3 Å². The third kappa shape index (κ3) is 2.51. The predicted octanol–water partition coefficient (Wildman–Crippen LogP) is 1.54. The fraction of sp³-hybridized carbons (Fsp3) is 0.533. The second kappa shape index (κ2) is 5.44. The molecule has 0 amide bonds. The summed E-state index contributed by atoms with van der Waals surface area (Å²) in [5.41, 5.74) is 0.844. The predicted molar refractivity (Wildman–Crippen MR) is 75.1 cm³/mol. The van der Waals surface area contributed by atoms with E-state index in [0.717, 1.165) is 18.4 Å². The first kappa shape index (κ1) is 14.0. The van der Waals surface area contributed by atoms with Crippen molar-refractivity contribution >= 4 is 5.97 Å². The molecule has 2 aliphatic rings. The molecule has 21 heavy (non-hydrogen) atoms. The first-order valence-corrected chi connectivity index (χ1v) is 7.16. The lowest BCUT2D eigenvalue weighted by Crippen LogP contribution is -2.39. The second-order valence-electron chi connectivity index (χ2n) is 5.75. The molecule has 6 nitrogen and oxygen atoms in total. The zero-order valence-electron chi connectivity index (χ0n) is 11.8. The number of ether oxygens (including phenoxy) is 1. The van der Waals surface area contributed by atoms with Crippen molar-refractivity contribution in [3.8, 4) is 0 Å². The molecule has 1 heterocycles. The Morgan fingerprint density at radius 3 is 2.52 bits per heavy atom. The Bertz CT molecular complexity index is 544. The maximum atomic E-state index is 12.0. The van der Waals surface area contributed by atoms with Gasteiger partial charge in [0.05, 0.1) is 13.0 Å². The van der Waals surface area contributed by atoms with Crippen molar-refractivity contribution in [2.75, 3.05) is 7.11 Å². The number of nitro groups is 1. The largest absolute Gasteiger partial charge is 0.468 e. The maximum absolute atomic E-state index is 12.0. The van der Waals surface area contributed by atoms with E-state index in [1.165, 1.54) is 7.11 Å². The summed E-state index contributed by atoms with van der Waals surface area (Å²) in [4.78, 5) is 23.4. The molecule has 0 bridgehead atoms. The molecule has 1 aliphatic carbocycles. The Hall–Kier alpha value is -1.95. The summed E-state index contributed by atoms with van der Waals surface area (Å²) in [6.07, 6.45) is 1.90. The van der Waals surface area contributed by atoms with E-state index in [0.29, 0.717) is 0 Å². The molecule has 0 radical (unpaired) electrons. The number of nitrogens with one attached hydrogen (secondary N) is 1. The number of benzene rings is 1. The average molecular weight is 290 g/mol. The van der Waals surface area contributed by atoms with Crippen LogP contribution in [-0.4, -0.2) is 30.1 Å². The molecule has 112 valence electrons. The lowest BCUT2D eigenvalue weighted by molar-refractivity contribution is -0.533. The maximum Gasteiger partial charge on any atom is 0.323 e. The van der Waals surface area contributed by atoms with Crippen LogP contribution in [0.1, 0.15) is 24.4 Å². The zero-order valence-corrected chi connectivity index (χ0v) is 11.8. The number of carbonyl (C=O) groups is 1. The molecular formula is C15H18N2O4. The summed E-state index contributed by atoms with van der Waals surface area (Å²) in [5, 5.41) is 14.7. The standard InChI is InChI=1S/C15H18N2O4/c1-21-15(18)13-11(9-7-8-9)14(17(19)20)12(16-13)10-5-3-2-4-6-10/h2-6,9,11-14,16H,7-8H2,1H3/t11-,12+,13+,14+/m0/s1. The van der Waals surface area contributed by atoms with E-state index in [9.17, 15) is 14.9 Å². The Balaban J connectivity index is 1.96. The molecule has 4 atom stereocenters. The van der Waals surface area contributed by atoms with Crippen LogP contribution in [0.25, 0.3) is 0 Å². The highest BCUT2D eigenvalue weighted by Crippen LogP contribution is 2.47. The van der Waals surface area contributed by atoms with Crippen LogP contribution in [0.15, 0.2) is 30.3 Å². The first-order chi connectivity index (χ1) is 10.1. The van der Waals surface area contributed by atoms with Gasteiger partial charge in [-0.25, -0.2) is 0 Å².